The first-order valence-electron chi connectivity index (χ1n) is 12.0. The second-order valence-corrected chi connectivity index (χ2v) is 10.5. The van der Waals surface area contributed by atoms with Crippen LogP contribution < -0.4 is 19.1 Å². The summed E-state index contributed by atoms with van der Waals surface area (Å²) in [7, 11) is 0.139. The number of hydrogen-bond donors (Lipinski definition) is 1. The molecule has 2 amide bonds. The van der Waals surface area contributed by atoms with Crippen LogP contribution in [0.5, 0.6) is 11.5 Å². The Morgan fingerprint density at radius 3 is 2.16 bits per heavy atom. The number of methoxy groups -OCH3 is 2. The number of hydrogen-bond acceptors (Lipinski definition) is 6. The number of carbonyl (C=O) groups excluding carboxylic acids is 2. The summed E-state index contributed by atoms with van der Waals surface area (Å²) in [5, 5.41) is 2.57. The maximum absolute atomic E-state index is 13.9. The SMILES string of the molecule is CNC(=O)[C@H](C)N(Cc1ccccc1C)C(=O)CN(c1ccccc1)S(=O)(=O)c1ccc(OC)c(OC)c1. The first-order chi connectivity index (χ1) is 18.1. The van der Waals surface area contributed by atoms with Gasteiger partial charge in [-0.25, -0.2) is 8.42 Å². The van der Waals surface area contributed by atoms with Crippen molar-refractivity contribution in [3.8, 4) is 11.5 Å². The fourth-order valence-corrected chi connectivity index (χ4v) is 5.42. The highest BCUT2D eigenvalue weighted by Crippen LogP contribution is 2.32. The molecule has 0 unspecified atom stereocenters. The van der Waals surface area contributed by atoms with Crippen LogP contribution in [-0.4, -0.2) is 59.0 Å². The Morgan fingerprint density at radius 1 is 0.921 bits per heavy atom. The van der Waals surface area contributed by atoms with Crippen molar-refractivity contribution in [1.82, 2.24) is 10.2 Å². The molecule has 0 aliphatic carbocycles. The maximum atomic E-state index is 13.9. The Hall–Kier alpha value is -4.05. The summed E-state index contributed by atoms with van der Waals surface area (Å²) in [4.78, 5) is 27.7. The van der Waals surface area contributed by atoms with E-state index in [-0.39, 0.29) is 23.1 Å². The van der Waals surface area contributed by atoms with E-state index in [4.69, 9.17) is 9.47 Å². The Bertz CT molecular complexity index is 1380. The molecule has 3 rings (SSSR count). The van der Waals surface area contributed by atoms with Crippen molar-refractivity contribution in [3.63, 3.8) is 0 Å². The number of nitrogens with zero attached hydrogens (tertiary/aromatic N) is 2. The van der Waals surface area contributed by atoms with Gasteiger partial charge in [0.05, 0.1) is 24.8 Å². The molecule has 0 saturated heterocycles. The van der Waals surface area contributed by atoms with E-state index >= 15 is 0 Å². The monoisotopic (exact) mass is 539 g/mol. The summed E-state index contributed by atoms with van der Waals surface area (Å²) in [5.74, 6) is -0.280. The average Bonchev–Trinajstić information content (AvgIpc) is 2.94. The summed E-state index contributed by atoms with van der Waals surface area (Å²) >= 11 is 0. The van der Waals surface area contributed by atoms with Gasteiger partial charge in [-0.05, 0) is 49.2 Å². The quantitative estimate of drug-likeness (QED) is 0.401. The van der Waals surface area contributed by atoms with Gasteiger partial charge in [-0.2, -0.15) is 0 Å². The van der Waals surface area contributed by atoms with E-state index in [9.17, 15) is 18.0 Å². The minimum absolute atomic E-state index is 0.0726. The van der Waals surface area contributed by atoms with Gasteiger partial charge in [0.25, 0.3) is 10.0 Å². The van der Waals surface area contributed by atoms with Gasteiger partial charge in [0.2, 0.25) is 11.8 Å². The fourth-order valence-electron chi connectivity index (χ4n) is 3.99. The van der Waals surface area contributed by atoms with Gasteiger partial charge >= 0.3 is 0 Å². The van der Waals surface area contributed by atoms with Crippen molar-refractivity contribution < 1.29 is 27.5 Å². The lowest BCUT2D eigenvalue weighted by Crippen LogP contribution is -2.50. The highest BCUT2D eigenvalue weighted by Gasteiger charge is 2.33. The van der Waals surface area contributed by atoms with Crippen molar-refractivity contribution in [1.29, 1.82) is 0 Å². The number of benzene rings is 3. The minimum atomic E-state index is -4.22. The normalized spacial score (nSPS) is 11.8. The molecular formula is C28H33N3O6S. The van der Waals surface area contributed by atoms with Crippen LogP contribution in [0.3, 0.4) is 0 Å². The number of likely N-dealkylation sites (N-methyl/N-ethyl adjacent to an activating group) is 1. The van der Waals surface area contributed by atoms with E-state index in [1.54, 1.807) is 37.3 Å². The van der Waals surface area contributed by atoms with E-state index in [2.05, 4.69) is 5.32 Å². The Morgan fingerprint density at radius 2 is 1.55 bits per heavy atom. The van der Waals surface area contributed by atoms with Crippen LogP contribution in [0.2, 0.25) is 0 Å². The Kier molecular flexibility index (Phi) is 9.35. The highest BCUT2D eigenvalue weighted by molar-refractivity contribution is 7.92. The van der Waals surface area contributed by atoms with E-state index in [1.165, 1.54) is 44.4 Å². The third kappa shape index (κ3) is 6.25. The molecule has 3 aromatic carbocycles. The van der Waals surface area contributed by atoms with Crippen LogP contribution in [-0.2, 0) is 26.2 Å². The molecule has 0 bridgehead atoms. The summed E-state index contributed by atoms with van der Waals surface area (Å²) < 4.78 is 39.4. The van der Waals surface area contributed by atoms with Gasteiger partial charge < -0.3 is 19.7 Å². The number of para-hydroxylation sites is 1. The molecule has 1 N–H and O–H groups in total. The predicted molar refractivity (Wildman–Crippen MR) is 146 cm³/mol. The zero-order chi connectivity index (χ0) is 27.9. The van der Waals surface area contributed by atoms with Gasteiger partial charge in [-0.1, -0.05) is 42.5 Å². The molecule has 0 heterocycles. The van der Waals surface area contributed by atoms with E-state index in [0.717, 1.165) is 15.4 Å². The van der Waals surface area contributed by atoms with Crippen molar-refractivity contribution in [2.24, 2.45) is 0 Å². The molecule has 0 aliphatic heterocycles. The molecule has 38 heavy (non-hydrogen) atoms. The molecular weight excluding hydrogens is 506 g/mol. The average molecular weight is 540 g/mol. The number of carbonyl (C=O) groups is 2. The summed E-state index contributed by atoms with van der Waals surface area (Å²) in [6.45, 7) is 3.15. The number of rotatable bonds is 11. The van der Waals surface area contributed by atoms with Crippen molar-refractivity contribution in [3.05, 3.63) is 83.9 Å². The van der Waals surface area contributed by atoms with Gasteiger partial charge in [0.15, 0.2) is 11.5 Å². The predicted octanol–water partition coefficient (Wildman–Crippen LogP) is 3.37. The molecule has 0 radical (unpaired) electrons. The molecule has 0 aliphatic rings. The van der Waals surface area contributed by atoms with Crippen LogP contribution in [0.1, 0.15) is 18.1 Å². The molecule has 1 atom stereocenters. The number of amides is 2. The van der Waals surface area contributed by atoms with Crippen molar-refractivity contribution >= 4 is 27.5 Å². The standard InChI is InChI=1S/C28H33N3O6S/c1-20-11-9-10-12-22(20)18-30(21(2)28(33)29-3)27(32)19-31(23-13-7-6-8-14-23)38(34,35)24-15-16-25(36-4)26(17-24)37-5/h6-17,21H,18-19H2,1-5H3,(H,29,33)/t21-/m0/s1. The van der Waals surface area contributed by atoms with Gasteiger partial charge in [-0.15, -0.1) is 0 Å². The maximum Gasteiger partial charge on any atom is 0.264 e. The molecule has 9 nitrogen and oxygen atoms in total. The molecule has 0 spiro atoms. The van der Waals surface area contributed by atoms with Crippen LogP contribution >= 0.6 is 0 Å². The van der Waals surface area contributed by atoms with Gasteiger partial charge in [0.1, 0.15) is 12.6 Å². The minimum Gasteiger partial charge on any atom is -0.493 e. The Balaban J connectivity index is 2.05. The number of nitrogens with one attached hydrogen (secondary N) is 1. The zero-order valence-electron chi connectivity index (χ0n) is 22.2. The van der Waals surface area contributed by atoms with Crippen LogP contribution in [0.4, 0.5) is 5.69 Å². The lowest BCUT2D eigenvalue weighted by Gasteiger charge is -2.32. The summed E-state index contributed by atoms with van der Waals surface area (Å²) in [6, 6.07) is 19.3. The van der Waals surface area contributed by atoms with Gasteiger partial charge in [0, 0.05) is 19.7 Å². The lowest BCUT2D eigenvalue weighted by atomic mass is 10.1. The van der Waals surface area contributed by atoms with Crippen molar-refractivity contribution in [2.75, 3.05) is 32.1 Å². The number of ether oxygens (including phenoxy) is 2. The third-order valence-corrected chi connectivity index (χ3v) is 8.05. The largest absolute Gasteiger partial charge is 0.493 e. The number of anilines is 1. The highest BCUT2D eigenvalue weighted by atomic mass is 32.2. The molecule has 0 fully saturated rings. The summed E-state index contributed by atoms with van der Waals surface area (Å²) in [5.41, 5.74) is 2.11. The molecule has 202 valence electrons. The van der Waals surface area contributed by atoms with E-state index in [0.29, 0.717) is 11.4 Å². The molecule has 0 saturated carbocycles. The van der Waals surface area contributed by atoms with E-state index < -0.39 is 28.5 Å². The topological polar surface area (TPSA) is 105 Å². The Labute approximate surface area is 224 Å². The van der Waals surface area contributed by atoms with Crippen molar-refractivity contribution in [2.45, 2.75) is 31.3 Å². The second kappa shape index (κ2) is 12.5. The second-order valence-electron chi connectivity index (χ2n) is 8.60. The number of aryl methyl sites for hydroxylation is 1. The lowest BCUT2D eigenvalue weighted by molar-refractivity contribution is -0.139. The molecule has 3 aromatic rings. The first kappa shape index (κ1) is 28.5. The fraction of sp³-hybridized carbons (Fsp3) is 0.286. The zero-order valence-corrected chi connectivity index (χ0v) is 23.0. The number of sulfonamides is 1. The molecule has 0 aromatic heterocycles. The first-order valence-corrected chi connectivity index (χ1v) is 13.4. The summed E-state index contributed by atoms with van der Waals surface area (Å²) in [6.07, 6.45) is 0. The van der Waals surface area contributed by atoms with Crippen LogP contribution in [0.15, 0.2) is 77.7 Å². The third-order valence-electron chi connectivity index (χ3n) is 6.28. The van der Waals surface area contributed by atoms with Crippen LogP contribution in [0.25, 0.3) is 0 Å². The van der Waals surface area contributed by atoms with E-state index in [1.807, 2.05) is 31.2 Å². The van der Waals surface area contributed by atoms with Gasteiger partial charge in [-0.3, -0.25) is 13.9 Å². The molecule has 10 heteroatoms. The smallest absolute Gasteiger partial charge is 0.264 e. The van der Waals surface area contributed by atoms with Crippen LogP contribution in [0, 0.1) is 6.92 Å².